The zero-order valence-corrected chi connectivity index (χ0v) is 13.2. The van der Waals surface area contributed by atoms with Crippen molar-refractivity contribution in [1.29, 1.82) is 0 Å². The molecule has 0 atom stereocenters. The number of hydrogen-bond donors (Lipinski definition) is 1. The number of anilines is 1. The topological polar surface area (TPSA) is 98.2 Å². The molecule has 1 N–H and O–H groups in total. The van der Waals surface area contributed by atoms with Crippen LogP contribution in [0.2, 0.25) is 0 Å². The van der Waals surface area contributed by atoms with Crippen molar-refractivity contribution in [3.8, 4) is 0 Å². The summed E-state index contributed by atoms with van der Waals surface area (Å²) in [6.07, 6.45) is 5.27. The fourth-order valence-electron chi connectivity index (χ4n) is 1.88. The van der Waals surface area contributed by atoms with Crippen LogP contribution in [0.25, 0.3) is 0 Å². The number of rotatable bonds is 7. The normalized spacial score (nSPS) is 10.0. The van der Waals surface area contributed by atoms with Gasteiger partial charge < -0.3 is 10.1 Å². The Morgan fingerprint density at radius 1 is 1.12 bits per heavy atom. The Morgan fingerprint density at radius 3 is 2.50 bits per heavy atom. The molecule has 0 aliphatic rings. The highest BCUT2D eigenvalue weighted by atomic mass is 16.5. The molecule has 1 aromatic carbocycles. The molecule has 2 aromatic rings. The lowest BCUT2D eigenvalue weighted by Gasteiger charge is -2.06. The average Bonchev–Trinajstić information content (AvgIpc) is 2.61. The van der Waals surface area contributed by atoms with Crippen LogP contribution in [-0.4, -0.2) is 34.2 Å². The summed E-state index contributed by atoms with van der Waals surface area (Å²) in [5.74, 6) is -1.13. The molecule has 1 aromatic heterocycles. The van der Waals surface area contributed by atoms with E-state index in [-0.39, 0.29) is 17.4 Å². The van der Waals surface area contributed by atoms with Crippen molar-refractivity contribution in [1.82, 2.24) is 9.97 Å². The number of Topliss-reactive ketones (excluding diaryl/α,β-unsaturated/α-hetero) is 1. The molecule has 0 bridgehead atoms. The van der Waals surface area contributed by atoms with Crippen LogP contribution in [0.15, 0.2) is 42.9 Å². The van der Waals surface area contributed by atoms with Crippen LogP contribution in [0, 0.1) is 0 Å². The molecule has 0 fully saturated rings. The van der Waals surface area contributed by atoms with E-state index < -0.39 is 12.6 Å². The predicted molar refractivity (Wildman–Crippen MR) is 86.6 cm³/mol. The van der Waals surface area contributed by atoms with Crippen LogP contribution in [0.3, 0.4) is 0 Å². The van der Waals surface area contributed by atoms with Crippen LogP contribution in [0.1, 0.15) is 40.6 Å². The number of esters is 1. The molecule has 124 valence electrons. The quantitative estimate of drug-likeness (QED) is 0.618. The molecule has 0 aliphatic heterocycles. The zero-order chi connectivity index (χ0) is 17.4. The van der Waals surface area contributed by atoms with Crippen LogP contribution < -0.4 is 5.32 Å². The Balaban J connectivity index is 1.88. The van der Waals surface area contributed by atoms with E-state index in [1.54, 1.807) is 24.3 Å². The summed E-state index contributed by atoms with van der Waals surface area (Å²) in [4.78, 5) is 42.8. The van der Waals surface area contributed by atoms with E-state index in [9.17, 15) is 14.4 Å². The summed E-state index contributed by atoms with van der Waals surface area (Å²) in [6, 6.07) is 6.40. The number of amides is 1. The minimum absolute atomic E-state index is 0.0410. The standard InChI is InChI=1S/C17H17N3O4/c1-2-3-16(22)20-13-6-4-12(5-7-13)15(21)11-24-17(23)14-10-18-8-9-19-14/h4-10H,2-3,11H2,1H3,(H,20,22). The van der Waals surface area contributed by atoms with Gasteiger partial charge >= 0.3 is 5.97 Å². The Kier molecular flexibility index (Phi) is 6.13. The monoisotopic (exact) mass is 327 g/mol. The van der Waals surface area contributed by atoms with E-state index in [2.05, 4.69) is 15.3 Å². The number of ketones is 1. The number of nitrogens with zero attached hydrogens (tertiary/aromatic N) is 2. The number of carbonyl (C=O) groups excluding carboxylic acids is 3. The van der Waals surface area contributed by atoms with Crippen molar-refractivity contribution in [3.05, 3.63) is 54.1 Å². The van der Waals surface area contributed by atoms with Gasteiger partial charge in [0.25, 0.3) is 0 Å². The molecule has 0 saturated carbocycles. The molecule has 1 amide bonds. The smallest absolute Gasteiger partial charge is 0.358 e. The molecule has 0 aliphatic carbocycles. The highest BCUT2D eigenvalue weighted by Crippen LogP contribution is 2.11. The van der Waals surface area contributed by atoms with Gasteiger partial charge in [0.2, 0.25) is 5.91 Å². The molecule has 2 rings (SSSR count). The van der Waals surface area contributed by atoms with Crippen LogP contribution in [0.5, 0.6) is 0 Å². The molecule has 0 spiro atoms. The molecular formula is C17H17N3O4. The summed E-state index contributed by atoms with van der Waals surface area (Å²) < 4.78 is 4.91. The second-order valence-corrected chi connectivity index (χ2v) is 4.97. The van der Waals surface area contributed by atoms with Gasteiger partial charge in [0, 0.05) is 30.1 Å². The van der Waals surface area contributed by atoms with E-state index in [0.717, 1.165) is 6.42 Å². The van der Waals surface area contributed by atoms with Crippen LogP contribution >= 0.6 is 0 Å². The van der Waals surface area contributed by atoms with Crippen LogP contribution in [-0.2, 0) is 9.53 Å². The fourth-order valence-corrected chi connectivity index (χ4v) is 1.88. The molecule has 1 heterocycles. The second kappa shape index (κ2) is 8.52. The molecular weight excluding hydrogens is 310 g/mol. The first-order valence-corrected chi connectivity index (χ1v) is 7.46. The third-order valence-electron chi connectivity index (χ3n) is 3.07. The Morgan fingerprint density at radius 2 is 1.88 bits per heavy atom. The van der Waals surface area contributed by atoms with E-state index in [1.807, 2.05) is 6.92 Å². The van der Waals surface area contributed by atoms with Crippen molar-refractivity contribution in [2.24, 2.45) is 0 Å². The third-order valence-corrected chi connectivity index (χ3v) is 3.07. The largest absolute Gasteiger partial charge is 0.453 e. The third kappa shape index (κ3) is 4.98. The van der Waals surface area contributed by atoms with Crippen molar-refractivity contribution < 1.29 is 19.1 Å². The molecule has 0 saturated heterocycles. The Bertz CT molecular complexity index is 714. The summed E-state index contributed by atoms with van der Waals surface area (Å²) in [5, 5.41) is 2.73. The van der Waals surface area contributed by atoms with E-state index in [0.29, 0.717) is 17.7 Å². The molecule has 24 heavy (non-hydrogen) atoms. The van der Waals surface area contributed by atoms with E-state index >= 15 is 0 Å². The number of aromatic nitrogens is 2. The summed E-state index contributed by atoms with van der Waals surface area (Å²) in [7, 11) is 0. The van der Waals surface area contributed by atoms with Gasteiger partial charge in [-0.25, -0.2) is 9.78 Å². The molecule has 0 radical (unpaired) electrons. The van der Waals surface area contributed by atoms with Crippen molar-refractivity contribution >= 4 is 23.3 Å². The first-order valence-electron chi connectivity index (χ1n) is 7.46. The van der Waals surface area contributed by atoms with Gasteiger partial charge in [0.15, 0.2) is 18.1 Å². The highest BCUT2D eigenvalue weighted by molar-refractivity contribution is 5.99. The maximum atomic E-state index is 12.0. The van der Waals surface area contributed by atoms with Crippen molar-refractivity contribution in [2.45, 2.75) is 19.8 Å². The minimum atomic E-state index is -0.708. The Hall–Kier alpha value is -3.09. The predicted octanol–water partition coefficient (Wildman–Crippen LogP) is 2.25. The van der Waals surface area contributed by atoms with Gasteiger partial charge in [0.1, 0.15) is 0 Å². The highest BCUT2D eigenvalue weighted by Gasteiger charge is 2.13. The first kappa shape index (κ1) is 17.3. The molecule has 7 heteroatoms. The number of ether oxygens (including phenoxy) is 1. The fraction of sp³-hybridized carbons (Fsp3) is 0.235. The molecule has 0 unspecified atom stereocenters. The average molecular weight is 327 g/mol. The van der Waals surface area contributed by atoms with Crippen LogP contribution in [0.4, 0.5) is 5.69 Å². The lowest BCUT2D eigenvalue weighted by molar-refractivity contribution is -0.116. The number of nitrogens with one attached hydrogen (secondary N) is 1. The maximum absolute atomic E-state index is 12.0. The first-order chi connectivity index (χ1) is 11.6. The minimum Gasteiger partial charge on any atom is -0.453 e. The number of hydrogen-bond acceptors (Lipinski definition) is 6. The van der Waals surface area contributed by atoms with Gasteiger partial charge in [-0.15, -0.1) is 0 Å². The lowest BCUT2D eigenvalue weighted by Crippen LogP contribution is -2.15. The number of carbonyl (C=O) groups is 3. The van der Waals surface area contributed by atoms with Crippen molar-refractivity contribution in [3.63, 3.8) is 0 Å². The van der Waals surface area contributed by atoms with Gasteiger partial charge in [-0.3, -0.25) is 14.6 Å². The second-order valence-electron chi connectivity index (χ2n) is 4.97. The van der Waals surface area contributed by atoms with Gasteiger partial charge in [0.05, 0.1) is 6.20 Å². The van der Waals surface area contributed by atoms with Crippen molar-refractivity contribution in [2.75, 3.05) is 11.9 Å². The van der Waals surface area contributed by atoms with Gasteiger partial charge in [-0.2, -0.15) is 0 Å². The zero-order valence-electron chi connectivity index (χ0n) is 13.2. The van der Waals surface area contributed by atoms with E-state index in [1.165, 1.54) is 18.6 Å². The van der Waals surface area contributed by atoms with E-state index in [4.69, 9.17) is 4.74 Å². The SMILES string of the molecule is CCCC(=O)Nc1ccc(C(=O)COC(=O)c2cnccn2)cc1. The summed E-state index contributed by atoms with van der Waals surface area (Å²) in [6.45, 7) is 1.53. The molecule has 7 nitrogen and oxygen atoms in total. The maximum Gasteiger partial charge on any atom is 0.358 e. The lowest BCUT2D eigenvalue weighted by atomic mass is 10.1. The Labute approximate surface area is 139 Å². The summed E-state index contributed by atoms with van der Waals surface area (Å²) in [5.41, 5.74) is 1.04. The summed E-state index contributed by atoms with van der Waals surface area (Å²) >= 11 is 0. The van der Waals surface area contributed by atoms with Gasteiger partial charge in [-0.05, 0) is 30.7 Å². The van der Waals surface area contributed by atoms with Gasteiger partial charge in [-0.1, -0.05) is 6.92 Å². The number of benzene rings is 1.